The number of anilines is 2. The number of carbonyl (C=O) groups excluding carboxylic acids is 1. The van der Waals surface area contributed by atoms with Crippen LogP contribution in [0.2, 0.25) is 5.02 Å². The summed E-state index contributed by atoms with van der Waals surface area (Å²) in [5.41, 5.74) is 5.91. The predicted octanol–water partition coefficient (Wildman–Crippen LogP) is 4.52. The minimum absolute atomic E-state index is 0.0598. The zero-order valence-corrected chi connectivity index (χ0v) is 19.7. The molecule has 1 N–H and O–H groups in total. The molecule has 1 saturated heterocycles. The van der Waals surface area contributed by atoms with Gasteiger partial charge in [-0.1, -0.05) is 48.0 Å². The molecule has 2 aliphatic rings. The molecule has 5 rings (SSSR count). The van der Waals surface area contributed by atoms with Crippen LogP contribution < -0.4 is 10.2 Å². The average molecular weight is 472 g/mol. The number of benzene rings is 2. The second kappa shape index (κ2) is 9.84. The van der Waals surface area contributed by atoms with E-state index in [1.54, 1.807) is 12.1 Å². The lowest BCUT2D eigenvalue weighted by atomic mass is 9.98. The SMILES string of the molecule is N#Cc1c(N2CCN(CC(=O)Nc3cccc(Cl)c3)CC2)nc(-c2ccccc2)c2c1CCC2. The summed E-state index contributed by atoms with van der Waals surface area (Å²) in [6.07, 6.45) is 2.96. The quantitative estimate of drug-likeness (QED) is 0.592. The summed E-state index contributed by atoms with van der Waals surface area (Å²) in [6.45, 7) is 3.22. The van der Waals surface area contributed by atoms with E-state index in [-0.39, 0.29) is 5.91 Å². The molecule has 172 valence electrons. The highest BCUT2D eigenvalue weighted by molar-refractivity contribution is 6.30. The molecule has 0 bridgehead atoms. The first-order valence-corrected chi connectivity index (χ1v) is 12.0. The van der Waals surface area contributed by atoms with Gasteiger partial charge in [-0.05, 0) is 48.6 Å². The third kappa shape index (κ3) is 4.63. The van der Waals surface area contributed by atoms with Crippen molar-refractivity contribution in [3.8, 4) is 17.3 Å². The van der Waals surface area contributed by atoms with Gasteiger partial charge >= 0.3 is 0 Å². The van der Waals surface area contributed by atoms with Crippen molar-refractivity contribution in [2.45, 2.75) is 19.3 Å². The molecular formula is C27H26ClN5O. The molecule has 0 unspecified atom stereocenters. The number of fused-ring (bicyclic) bond motifs is 1. The van der Waals surface area contributed by atoms with Crippen molar-refractivity contribution in [1.82, 2.24) is 9.88 Å². The van der Waals surface area contributed by atoms with Crippen LogP contribution in [0.3, 0.4) is 0 Å². The first kappa shape index (κ1) is 22.4. The molecule has 0 radical (unpaired) electrons. The van der Waals surface area contributed by atoms with E-state index in [1.165, 1.54) is 5.56 Å². The van der Waals surface area contributed by atoms with Crippen LogP contribution in [0.1, 0.15) is 23.1 Å². The summed E-state index contributed by atoms with van der Waals surface area (Å²) in [6, 6.07) is 19.9. The van der Waals surface area contributed by atoms with Crippen molar-refractivity contribution in [2.24, 2.45) is 0 Å². The van der Waals surface area contributed by atoms with Crippen molar-refractivity contribution in [2.75, 3.05) is 42.9 Å². The Labute approximate surface area is 204 Å². The van der Waals surface area contributed by atoms with E-state index in [4.69, 9.17) is 16.6 Å². The lowest BCUT2D eigenvalue weighted by Gasteiger charge is -2.36. The highest BCUT2D eigenvalue weighted by Crippen LogP contribution is 2.37. The van der Waals surface area contributed by atoms with Crippen LogP contribution >= 0.6 is 11.6 Å². The average Bonchev–Trinajstić information content (AvgIpc) is 3.34. The van der Waals surface area contributed by atoms with E-state index in [0.717, 1.165) is 73.6 Å². The van der Waals surface area contributed by atoms with E-state index >= 15 is 0 Å². The third-order valence-corrected chi connectivity index (χ3v) is 6.79. The van der Waals surface area contributed by atoms with E-state index < -0.39 is 0 Å². The van der Waals surface area contributed by atoms with Gasteiger partial charge in [0.2, 0.25) is 5.91 Å². The molecule has 6 nitrogen and oxygen atoms in total. The second-order valence-electron chi connectivity index (χ2n) is 8.77. The lowest BCUT2D eigenvalue weighted by Crippen LogP contribution is -2.49. The number of aromatic nitrogens is 1. The Bertz CT molecular complexity index is 1250. The van der Waals surface area contributed by atoms with Gasteiger partial charge in [0.15, 0.2) is 0 Å². The molecule has 1 amide bonds. The monoisotopic (exact) mass is 471 g/mol. The van der Waals surface area contributed by atoms with Gasteiger partial charge in [0.05, 0.1) is 17.8 Å². The Balaban J connectivity index is 1.31. The molecule has 1 aliphatic heterocycles. The van der Waals surface area contributed by atoms with Crippen molar-refractivity contribution < 1.29 is 4.79 Å². The fraction of sp³-hybridized carbons (Fsp3) is 0.296. The number of carbonyl (C=O) groups is 1. The highest BCUT2D eigenvalue weighted by atomic mass is 35.5. The summed E-state index contributed by atoms with van der Waals surface area (Å²) in [7, 11) is 0. The van der Waals surface area contributed by atoms with Gasteiger partial charge in [0.25, 0.3) is 0 Å². The van der Waals surface area contributed by atoms with Gasteiger partial charge in [-0.25, -0.2) is 4.98 Å². The molecular weight excluding hydrogens is 446 g/mol. The number of halogens is 1. The van der Waals surface area contributed by atoms with Crippen LogP contribution in [0.5, 0.6) is 0 Å². The first-order valence-electron chi connectivity index (χ1n) is 11.7. The zero-order chi connectivity index (χ0) is 23.5. The number of amides is 1. The number of nitrogens with one attached hydrogen (secondary N) is 1. The number of nitrogens with zero attached hydrogens (tertiary/aromatic N) is 4. The van der Waals surface area contributed by atoms with Crippen molar-refractivity contribution in [1.29, 1.82) is 5.26 Å². The number of hydrogen-bond acceptors (Lipinski definition) is 5. The fourth-order valence-electron chi connectivity index (χ4n) is 4.91. The molecule has 1 aliphatic carbocycles. The minimum Gasteiger partial charge on any atom is -0.353 e. The maximum Gasteiger partial charge on any atom is 0.238 e. The number of hydrogen-bond donors (Lipinski definition) is 1. The molecule has 34 heavy (non-hydrogen) atoms. The molecule has 2 aromatic carbocycles. The highest BCUT2D eigenvalue weighted by Gasteiger charge is 2.28. The second-order valence-corrected chi connectivity index (χ2v) is 9.21. The van der Waals surface area contributed by atoms with Crippen molar-refractivity contribution in [3.63, 3.8) is 0 Å². The fourth-order valence-corrected chi connectivity index (χ4v) is 5.10. The van der Waals surface area contributed by atoms with Crippen LogP contribution in [0.15, 0.2) is 54.6 Å². The van der Waals surface area contributed by atoms with E-state index in [9.17, 15) is 10.1 Å². The zero-order valence-electron chi connectivity index (χ0n) is 18.9. The summed E-state index contributed by atoms with van der Waals surface area (Å²) >= 11 is 6.01. The minimum atomic E-state index is -0.0598. The summed E-state index contributed by atoms with van der Waals surface area (Å²) in [5, 5.41) is 13.5. The van der Waals surface area contributed by atoms with Crippen molar-refractivity contribution >= 4 is 29.0 Å². The smallest absolute Gasteiger partial charge is 0.238 e. The Kier molecular flexibility index (Phi) is 6.48. The third-order valence-electron chi connectivity index (χ3n) is 6.55. The van der Waals surface area contributed by atoms with Crippen LogP contribution in [-0.4, -0.2) is 48.5 Å². The van der Waals surface area contributed by atoms with Gasteiger partial charge in [0, 0.05) is 42.5 Å². The van der Waals surface area contributed by atoms with Gasteiger partial charge < -0.3 is 10.2 Å². The Hall–Kier alpha value is -3.40. The van der Waals surface area contributed by atoms with Gasteiger partial charge in [0.1, 0.15) is 11.9 Å². The topological polar surface area (TPSA) is 72.3 Å². The summed E-state index contributed by atoms with van der Waals surface area (Å²) < 4.78 is 0. The van der Waals surface area contributed by atoms with Gasteiger partial charge in [-0.15, -0.1) is 0 Å². The lowest BCUT2D eigenvalue weighted by molar-refractivity contribution is -0.117. The molecule has 1 aromatic heterocycles. The Morgan fingerprint density at radius 3 is 2.53 bits per heavy atom. The van der Waals surface area contributed by atoms with E-state index in [2.05, 4.69) is 33.3 Å². The van der Waals surface area contributed by atoms with Gasteiger partial charge in [-0.2, -0.15) is 5.26 Å². The number of piperazine rings is 1. The number of pyridine rings is 1. The maximum atomic E-state index is 12.5. The predicted molar refractivity (Wildman–Crippen MR) is 135 cm³/mol. The molecule has 3 aromatic rings. The van der Waals surface area contributed by atoms with E-state index in [1.807, 2.05) is 30.3 Å². The Morgan fingerprint density at radius 2 is 1.79 bits per heavy atom. The van der Waals surface area contributed by atoms with Crippen LogP contribution in [-0.2, 0) is 17.6 Å². The molecule has 1 fully saturated rings. The molecule has 7 heteroatoms. The summed E-state index contributed by atoms with van der Waals surface area (Å²) in [4.78, 5) is 21.9. The van der Waals surface area contributed by atoms with E-state index in [0.29, 0.717) is 17.3 Å². The molecule has 0 atom stereocenters. The molecule has 2 heterocycles. The largest absolute Gasteiger partial charge is 0.353 e. The van der Waals surface area contributed by atoms with Crippen molar-refractivity contribution in [3.05, 3.63) is 76.3 Å². The Morgan fingerprint density at radius 1 is 1.03 bits per heavy atom. The molecule has 0 spiro atoms. The first-order chi connectivity index (χ1) is 16.6. The van der Waals surface area contributed by atoms with Crippen LogP contribution in [0.4, 0.5) is 11.5 Å². The number of rotatable bonds is 5. The van der Waals surface area contributed by atoms with Crippen LogP contribution in [0.25, 0.3) is 11.3 Å². The van der Waals surface area contributed by atoms with Crippen LogP contribution in [0, 0.1) is 11.3 Å². The molecule has 0 saturated carbocycles. The standard InChI is InChI=1S/C27H26ClN5O/c28-20-8-4-9-21(16-20)30-25(34)18-32-12-14-33(15-13-32)27-24(17-29)22-10-5-11-23(22)26(31-27)19-6-2-1-3-7-19/h1-4,6-9,16H,5,10-15,18H2,(H,30,34). The summed E-state index contributed by atoms with van der Waals surface area (Å²) in [5.74, 6) is 0.723. The van der Waals surface area contributed by atoms with Gasteiger partial charge in [-0.3, -0.25) is 9.69 Å². The maximum absolute atomic E-state index is 12.5. The number of nitriles is 1. The normalized spacial score (nSPS) is 15.6.